The van der Waals surface area contributed by atoms with Crippen LogP contribution in [0.4, 0.5) is 0 Å². The first-order valence-corrected chi connectivity index (χ1v) is 8.94. The minimum absolute atomic E-state index is 0.0125. The number of ether oxygens (including phenoxy) is 1. The number of sulfone groups is 1. The summed E-state index contributed by atoms with van der Waals surface area (Å²) in [6.07, 6.45) is 1.76. The van der Waals surface area contributed by atoms with Crippen molar-refractivity contribution in [2.24, 2.45) is 11.7 Å². The molecule has 0 saturated carbocycles. The fourth-order valence-corrected chi connectivity index (χ4v) is 4.21. The van der Waals surface area contributed by atoms with Crippen molar-refractivity contribution in [3.63, 3.8) is 0 Å². The van der Waals surface area contributed by atoms with Crippen molar-refractivity contribution in [3.05, 3.63) is 0 Å². The largest absolute Gasteiger partial charge is 0.383 e. The average molecular weight is 306 g/mol. The number of nitrogens with two attached hydrogens (primary N) is 1. The standard InChI is InChI=1S/C13H26N2O4S/c1-3-11(9-14)8-13(16)15(5-6-19-2)12-4-7-20(17,18)10-12/h11-12H,3-10,14H2,1-2H3. The second kappa shape index (κ2) is 7.95. The normalized spacial score (nSPS) is 22.6. The smallest absolute Gasteiger partial charge is 0.223 e. The molecule has 0 bridgehead atoms. The first-order valence-electron chi connectivity index (χ1n) is 7.12. The molecule has 1 heterocycles. The number of methoxy groups -OCH3 is 1. The van der Waals surface area contributed by atoms with Gasteiger partial charge in [-0.3, -0.25) is 4.79 Å². The molecule has 2 N–H and O–H groups in total. The molecule has 1 aliphatic heterocycles. The zero-order valence-electron chi connectivity index (χ0n) is 12.4. The van der Waals surface area contributed by atoms with Crippen molar-refractivity contribution in [2.45, 2.75) is 32.2 Å². The maximum atomic E-state index is 12.4. The molecule has 1 saturated heterocycles. The molecule has 2 unspecified atom stereocenters. The molecule has 0 aromatic rings. The maximum Gasteiger partial charge on any atom is 0.223 e. The second-order valence-electron chi connectivity index (χ2n) is 5.35. The predicted octanol–water partition coefficient (Wildman–Crippen LogP) is 0.0235. The summed E-state index contributed by atoms with van der Waals surface area (Å²) in [6, 6.07) is -0.210. The van der Waals surface area contributed by atoms with E-state index >= 15 is 0 Å². The van der Waals surface area contributed by atoms with E-state index in [2.05, 4.69) is 0 Å². The van der Waals surface area contributed by atoms with Crippen molar-refractivity contribution < 1.29 is 17.9 Å². The van der Waals surface area contributed by atoms with Crippen LogP contribution in [0.15, 0.2) is 0 Å². The molecule has 7 heteroatoms. The van der Waals surface area contributed by atoms with E-state index in [1.807, 2.05) is 6.92 Å². The molecule has 6 nitrogen and oxygen atoms in total. The van der Waals surface area contributed by atoms with Crippen molar-refractivity contribution in [1.82, 2.24) is 4.90 Å². The molecular formula is C13H26N2O4S. The van der Waals surface area contributed by atoms with Gasteiger partial charge in [0.15, 0.2) is 9.84 Å². The van der Waals surface area contributed by atoms with Gasteiger partial charge in [0.1, 0.15) is 0 Å². The summed E-state index contributed by atoms with van der Waals surface area (Å²) in [4.78, 5) is 14.1. The highest BCUT2D eigenvalue weighted by Gasteiger charge is 2.34. The first kappa shape index (κ1) is 17.4. The van der Waals surface area contributed by atoms with Gasteiger partial charge in [0.05, 0.1) is 18.1 Å². The van der Waals surface area contributed by atoms with E-state index in [-0.39, 0.29) is 29.4 Å². The summed E-state index contributed by atoms with van der Waals surface area (Å²) >= 11 is 0. The van der Waals surface area contributed by atoms with Crippen LogP contribution in [0.5, 0.6) is 0 Å². The van der Waals surface area contributed by atoms with Gasteiger partial charge in [-0.25, -0.2) is 8.42 Å². The van der Waals surface area contributed by atoms with E-state index in [0.717, 1.165) is 6.42 Å². The van der Waals surface area contributed by atoms with Crippen LogP contribution in [-0.2, 0) is 19.4 Å². The Labute approximate surface area is 121 Å². The Morgan fingerprint density at radius 1 is 1.50 bits per heavy atom. The van der Waals surface area contributed by atoms with Gasteiger partial charge in [-0.1, -0.05) is 13.3 Å². The highest BCUT2D eigenvalue weighted by Crippen LogP contribution is 2.20. The average Bonchev–Trinajstić information content (AvgIpc) is 2.76. The quantitative estimate of drug-likeness (QED) is 0.683. The number of carbonyl (C=O) groups excluding carboxylic acids is 1. The van der Waals surface area contributed by atoms with Crippen LogP contribution in [-0.4, -0.2) is 63.6 Å². The van der Waals surface area contributed by atoms with Crippen LogP contribution in [0.1, 0.15) is 26.2 Å². The van der Waals surface area contributed by atoms with Gasteiger partial charge in [-0.05, 0) is 18.9 Å². The van der Waals surface area contributed by atoms with E-state index in [9.17, 15) is 13.2 Å². The third-order valence-corrected chi connectivity index (χ3v) is 5.63. The lowest BCUT2D eigenvalue weighted by Crippen LogP contribution is -2.44. The van der Waals surface area contributed by atoms with Gasteiger partial charge in [-0.2, -0.15) is 0 Å². The number of rotatable bonds is 8. The topological polar surface area (TPSA) is 89.7 Å². The summed E-state index contributed by atoms with van der Waals surface area (Å²) in [5, 5.41) is 0. The minimum atomic E-state index is -3.00. The van der Waals surface area contributed by atoms with Crippen molar-refractivity contribution in [1.29, 1.82) is 0 Å². The van der Waals surface area contributed by atoms with Crippen LogP contribution >= 0.6 is 0 Å². The van der Waals surface area contributed by atoms with Gasteiger partial charge in [0.25, 0.3) is 0 Å². The summed E-state index contributed by atoms with van der Waals surface area (Å²) in [7, 11) is -1.43. The molecule has 1 amide bonds. The van der Waals surface area contributed by atoms with E-state index in [0.29, 0.717) is 32.5 Å². The van der Waals surface area contributed by atoms with Gasteiger partial charge in [0, 0.05) is 26.1 Å². The summed E-state index contributed by atoms with van der Waals surface area (Å²) in [5.41, 5.74) is 5.64. The molecule has 0 spiro atoms. The second-order valence-corrected chi connectivity index (χ2v) is 7.58. The lowest BCUT2D eigenvalue weighted by Gasteiger charge is -2.29. The molecule has 0 aromatic carbocycles. The molecule has 2 atom stereocenters. The Bertz CT molecular complexity index is 407. The van der Waals surface area contributed by atoms with E-state index in [1.165, 1.54) is 0 Å². The number of carbonyl (C=O) groups is 1. The fraction of sp³-hybridized carbons (Fsp3) is 0.923. The van der Waals surface area contributed by atoms with Gasteiger partial charge >= 0.3 is 0 Å². The van der Waals surface area contributed by atoms with Crippen LogP contribution < -0.4 is 5.73 Å². The zero-order chi connectivity index (χ0) is 15.2. The Morgan fingerprint density at radius 3 is 2.65 bits per heavy atom. The van der Waals surface area contributed by atoms with Crippen molar-refractivity contribution in [3.8, 4) is 0 Å². The van der Waals surface area contributed by atoms with Crippen LogP contribution in [0.3, 0.4) is 0 Å². The van der Waals surface area contributed by atoms with Gasteiger partial charge < -0.3 is 15.4 Å². The SMILES string of the molecule is CCC(CN)CC(=O)N(CCOC)C1CCS(=O)(=O)C1. The molecule has 20 heavy (non-hydrogen) atoms. The van der Waals surface area contributed by atoms with Crippen LogP contribution in [0.25, 0.3) is 0 Å². The van der Waals surface area contributed by atoms with Crippen molar-refractivity contribution >= 4 is 15.7 Å². The highest BCUT2D eigenvalue weighted by molar-refractivity contribution is 7.91. The summed E-state index contributed by atoms with van der Waals surface area (Å²) in [5.74, 6) is 0.386. The molecule has 1 fully saturated rings. The third-order valence-electron chi connectivity index (χ3n) is 3.88. The number of amides is 1. The molecule has 118 valence electrons. The third kappa shape index (κ3) is 5.03. The van der Waals surface area contributed by atoms with Gasteiger partial charge in [-0.15, -0.1) is 0 Å². The van der Waals surface area contributed by atoms with Crippen LogP contribution in [0.2, 0.25) is 0 Å². The monoisotopic (exact) mass is 306 g/mol. The Morgan fingerprint density at radius 2 is 2.20 bits per heavy atom. The fourth-order valence-electron chi connectivity index (χ4n) is 2.48. The Kier molecular flexibility index (Phi) is 6.91. The first-order chi connectivity index (χ1) is 9.43. The minimum Gasteiger partial charge on any atom is -0.383 e. The maximum absolute atomic E-state index is 12.4. The number of nitrogens with zero attached hydrogens (tertiary/aromatic N) is 1. The highest BCUT2D eigenvalue weighted by atomic mass is 32.2. The molecular weight excluding hydrogens is 280 g/mol. The van der Waals surface area contributed by atoms with Gasteiger partial charge in [0.2, 0.25) is 5.91 Å². The Balaban J connectivity index is 2.70. The Hall–Kier alpha value is -0.660. The number of hydrogen-bond donors (Lipinski definition) is 1. The van der Waals surface area contributed by atoms with E-state index < -0.39 is 9.84 Å². The molecule has 0 radical (unpaired) electrons. The summed E-state index contributed by atoms with van der Waals surface area (Å²) < 4.78 is 28.2. The molecule has 1 rings (SSSR count). The lowest BCUT2D eigenvalue weighted by atomic mass is 10.0. The van der Waals surface area contributed by atoms with Crippen LogP contribution in [0, 0.1) is 5.92 Å². The van der Waals surface area contributed by atoms with E-state index in [1.54, 1.807) is 12.0 Å². The predicted molar refractivity (Wildman–Crippen MR) is 78.1 cm³/mol. The van der Waals surface area contributed by atoms with Crippen molar-refractivity contribution in [2.75, 3.05) is 38.3 Å². The zero-order valence-corrected chi connectivity index (χ0v) is 13.2. The number of hydrogen-bond acceptors (Lipinski definition) is 5. The molecule has 0 aromatic heterocycles. The lowest BCUT2D eigenvalue weighted by molar-refractivity contribution is -0.134. The molecule has 0 aliphatic carbocycles. The molecule has 1 aliphatic rings. The van der Waals surface area contributed by atoms with E-state index in [4.69, 9.17) is 10.5 Å². The summed E-state index contributed by atoms with van der Waals surface area (Å²) in [6.45, 7) is 3.34.